The molecule has 100 valence electrons. The maximum Gasteiger partial charge on any atom is 0.259 e. The van der Waals surface area contributed by atoms with Gasteiger partial charge in [-0.05, 0) is 6.42 Å². The Hall–Kier alpha value is -1.27. The number of likely N-dealkylation sites (tertiary alicyclic amines) is 1. The van der Waals surface area contributed by atoms with E-state index in [-0.39, 0.29) is 25.0 Å². The summed E-state index contributed by atoms with van der Waals surface area (Å²) in [5, 5.41) is 0. The van der Waals surface area contributed by atoms with Crippen molar-refractivity contribution < 1.29 is 18.0 Å². The summed E-state index contributed by atoms with van der Waals surface area (Å²) in [5.74, 6) is -4.21. The summed E-state index contributed by atoms with van der Waals surface area (Å²) in [6, 6.07) is 0.809. The molecule has 0 aliphatic carbocycles. The van der Waals surface area contributed by atoms with Gasteiger partial charge in [0.25, 0.3) is 5.91 Å². The van der Waals surface area contributed by atoms with E-state index in [0.717, 1.165) is 0 Å². The molecule has 1 saturated heterocycles. The number of amides is 1. The highest BCUT2D eigenvalue weighted by Crippen LogP contribution is 2.19. The van der Waals surface area contributed by atoms with Crippen LogP contribution in [0.25, 0.3) is 0 Å². The van der Waals surface area contributed by atoms with Crippen molar-refractivity contribution >= 4 is 18.3 Å². The van der Waals surface area contributed by atoms with Gasteiger partial charge in [-0.2, -0.15) is 0 Å². The smallest absolute Gasteiger partial charge is 0.259 e. The number of carbonyl (C=O) groups excluding carboxylic acids is 1. The number of carbonyl (C=O) groups is 1. The Morgan fingerprint density at radius 1 is 1.28 bits per heavy atom. The predicted molar refractivity (Wildman–Crippen MR) is 62.1 cm³/mol. The number of hydrogen-bond donors (Lipinski definition) is 1. The molecule has 0 aromatic heterocycles. The molecule has 1 heterocycles. The lowest BCUT2D eigenvalue weighted by Crippen LogP contribution is -2.33. The molecule has 0 spiro atoms. The molecule has 0 bridgehead atoms. The minimum absolute atomic E-state index is 0. The standard InChI is InChI=1S/C11H11F3N2O.ClH/c12-6-3-8(13)10(9(14)4-6)11(17)16-2-1-7(15)5-16;/h3-4,7H,1-2,5,15H2;1H. The van der Waals surface area contributed by atoms with Crippen LogP contribution in [0.4, 0.5) is 13.2 Å². The lowest BCUT2D eigenvalue weighted by atomic mass is 10.1. The highest BCUT2D eigenvalue weighted by atomic mass is 35.5. The SMILES string of the molecule is Cl.NC1CCN(C(=O)c2c(F)cc(F)cc2F)C1. The normalized spacial score (nSPS) is 18.7. The Labute approximate surface area is 108 Å². The van der Waals surface area contributed by atoms with Gasteiger partial charge >= 0.3 is 0 Å². The molecule has 0 saturated carbocycles. The zero-order valence-electron chi connectivity index (χ0n) is 9.33. The summed E-state index contributed by atoms with van der Waals surface area (Å²) in [7, 11) is 0. The van der Waals surface area contributed by atoms with Crippen molar-refractivity contribution in [3.05, 3.63) is 35.1 Å². The molecule has 2 N–H and O–H groups in total. The van der Waals surface area contributed by atoms with Crippen LogP contribution in [0, 0.1) is 17.5 Å². The Morgan fingerprint density at radius 3 is 2.28 bits per heavy atom. The van der Waals surface area contributed by atoms with Crippen LogP contribution < -0.4 is 5.73 Å². The van der Waals surface area contributed by atoms with Gasteiger partial charge in [-0.15, -0.1) is 12.4 Å². The van der Waals surface area contributed by atoms with E-state index in [0.29, 0.717) is 25.1 Å². The number of halogens is 4. The zero-order chi connectivity index (χ0) is 12.6. The van der Waals surface area contributed by atoms with Gasteiger partial charge in [0.2, 0.25) is 0 Å². The summed E-state index contributed by atoms with van der Waals surface area (Å²) in [6.45, 7) is 0.616. The van der Waals surface area contributed by atoms with Gasteiger partial charge < -0.3 is 10.6 Å². The minimum Gasteiger partial charge on any atom is -0.337 e. The van der Waals surface area contributed by atoms with E-state index in [1.807, 2.05) is 0 Å². The van der Waals surface area contributed by atoms with Crippen LogP contribution in [0.5, 0.6) is 0 Å². The number of nitrogens with two attached hydrogens (primary N) is 1. The Bertz CT molecular complexity index is 447. The van der Waals surface area contributed by atoms with Crippen LogP contribution in [-0.2, 0) is 0 Å². The lowest BCUT2D eigenvalue weighted by molar-refractivity contribution is 0.0781. The van der Waals surface area contributed by atoms with Crippen molar-refractivity contribution in [3.8, 4) is 0 Å². The molecule has 1 unspecified atom stereocenters. The number of nitrogens with zero attached hydrogens (tertiary/aromatic N) is 1. The first-order valence-corrected chi connectivity index (χ1v) is 5.18. The number of rotatable bonds is 1. The summed E-state index contributed by atoms with van der Waals surface area (Å²) in [6.07, 6.45) is 0.593. The summed E-state index contributed by atoms with van der Waals surface area (Å²) in [5.41, 5.74) is 4.88. The van der Waals surface area contributed by atoms with E-state index in [2.05, 4.69) is 0 Å². The third-order valence-corrected chi connectivity index (χ3v) is 2.73. The molecular formula is C11H12ClF3N2O. The van der Waals surface area contributed by atoms with Crippen LogP contribution in [0.1, 0.15) is 16.8 Å². The molecule has 7 heteroatoms. The lowest BCUT2D eigenvalue weighted by Gasteiger charge is -2.16. The minimum atomic E-state index is -1.19. The van der Waals surface area contributed by atoms with Crippen LogP contribution in [0.15, 0.2) is 12.1 Å². The van der Waals surface area contributed by atoms with Gasteiger partial charge in [0, 0.05) is 31.3 Å². The fourth-order valence-corrected chi connectivity index (χ4v) is 1.88. The monoisotopic (exact) mass is 280 g/mol. The maximum absolute atomic E-state index is 13.4. The van der Waals surface area contributed by atoms with Gasteiger partial charge in [-0.25, -0.2) is 13.2 Å². The fraction of sp³-hybridized carbons (Fsp3) is 0.364. The molecule has 2 rings (SSSR count). The van der Waals surface area contributed by atoms with Crippen molar-refractivity contribution in [3.63, 3.8) is 0 Å². The Kier molecular flexibility index (Phi) is 4.59. The molecule has 1 fully saturated rings. The molecule has 18 heavy (non-hydrogen) atoms. The van der Waals surface area contributed by atoms with Gasteiger partial charge in [0.15, 0.2) is 0 Å². The Balaban J connectivity index is 0.00000162. The maximum atomic E-state index is 13.4. The molecule has 1 aromatic carbocycles. The molecule has 0 radical (unpaired) electrons. The molecule has 1 amide bonds. The van der Waals surface area contributed by atoms with Crippen molar-refractivity contribution in [2.75, 3.05) is 13.1 Å². The van der Waals surface area contributed by atoms with E-state index >= 15 is 0 Å². The average molecular weight is 281 g/mol. The third-order valence-electron chi connectivity index (χ3n) is 2.73. The number of benzene rings is 1. The van der Waals surface area contributed by atoms with Crippen LogP contribution in [0.3, 0.4) is 0 Å². The van der Waals surface area contributed by atoms with Gasteiger partial charge in [0.05, 0.1) is 0 Å². The highest BCUT2D eigenvalue weighted by molar-refractivity contribution is 5.95. The fourth-order valence-electron chi connectivity index (χ4n) is 1.88. The van der Waals surface area contributed by atoms with Crippen molar-refractivity contribution in [1.82, 2.24) is 4.90 Å². The topological polar surface area (TPSA) is 46.3 Å². The predicted octanol–water partition coefficient (Wildman–Crippen LogP) is 1.70. The highest BCUT2D eigenvalue weighted by Gasteiger charge is 2.28. The van der Waals surface area contributed by atoms with Crippen molar-refractivity contribution in [2.24, 2.45) is 5.73 Å². The second-order valence-electron chi connectivity index (χ2n) is 4.04. The second kappa shape index (κ2) is 5.58. The van der Waals surface area contributed by atoms with Gasteiger partial charge in [-0.1, -0.05) is 0 Å². The zero-order valence-corrected chi connectivity index (χ0v) is 10.1. The van der Waals surface area contributed by atoms with Crippen LogP contribution >= 0.6 is 12.4 Å². The van der Waals surface area contributed by atoms with Gasteiger partial charge in [0.1, 0.15) is 23.0 Å². The van der Waals surface area contributed by atoms with E-state index in [9.17, 15) is 18.0 Å². The quantitative estimate of drug-likeness (QED) is 0.851. The molecular weight excluding hydrogens is 269 g/mol. The first kappa shape index (κ1) is 14.8. The molecule has 1 aliphatic rings. The molecule has 3 nitrogen and oxygen atoms in total. The molecule has 1 atom stereocenters. The van der Waals surface area contributed by atoms with Crippen LogP contribution in [-0.4, -0.2) is 29.9 Å². The summed E-state index contributed by atoms with van der Waals surface area (Å²) >= 11 is 0. The van der Waals surface area contributed by atoms with Crippen molar-refractivity contribution in [1.29, 1.82) is 0 Å². The van der Waals surface area contributed by atoms with E-state index in [1.165, 1.54) is 4.90 Å². The molecule has 1 aromatic rings. The molecule has 1 aliphatic heterocycles. The Morgan fingerprint density at radius 2 is 1.83 bits per heavy atom. The van der Waals surface area contributed by atoms with Crippen molar-refractivity contribution in [2.45, 2.75) is 12.5 Å². The first-order valence-electron chi connectivity index (χ1n) is 5.18. The van der Waals surface area contributed by atoms with Gasteiger partial charge in [-0.3, -0.25) is 4.79 Å². The van der Waals surface area contributed by atoms with E-state index in [1.54, 1.807) is 0 Å². The van der Waals surface area contributed by atoms with Crippen LogP contribution in [0.2, 0.25) is 0 Å². The largest absolute Gasteiger partial charge is 0.337 e. The second-order valence-corrected chi connectivity index (χ2v) is 4.04. The summed E-state index contributed by atoms with van der Waals surface area (Å²) < 4.78 is 39.4. The van der Waals surface area contributed by atoms with E-state index in [4.69, 9.17) is 5.73 Å². The summed E-state index contributed by atoms with van der Waals surface area (Å²) in [4.78, 5) is 13.1. The first-order chi connectivity index (χ1) is 7.99. The van der Waals surface area contributed by atoms with E-state index < -0.39 is 28.9 Å². The number of hydrogen-bond acceptors (Lipinski definition) is 2. The average Bonchev–Trinajstić information content (AvgIpc) is 2.63. The third kappa shape index (κ3) is 2.76.